The van der Waals surface area contributed by atoms with Gasteiger partial charge in [-0.1, -0.05) is 19.3 Å². The summed E-state index contributed by atoms with van der Waals surface area (Å²) in [5.74, 6) is 0. The van der Waals surface area contributed by atoms with Crippen LogP contribution >= 0.6 is 0 Å². The molecule has 112 valence electrons. The smallest absolute Gasteiger partial charge is 0.137 e. The summed E-state index contributed by atoms with van der Waals surface area (Å²) >= 11 is 0. The highest BCUT2D eigenvalue weighted by Crippen LogP contribution is 2.28. The van der Waals surface area contributed by atoms with Crippen LogP contribution in [0.2, 0.25) is 0 Å². The Kier molecular flexibility index (Phi) is 6.43. The summed E-state index contributed by atoms with van der Waals surface area (Å²) in [5, 5.41) is 0. The Morgan fingerprint density at radius 1 is 1.25 bits per heavy atom. The second kappa shape index (κ2) is 8.35. The fourth-order valence-electron chi connectivity index (χ4n) is 2.70. The van der Waals surface area contributed by atoms with Crippen LogP contribution in [0.1, 0.15) is 43.9 Å². The average Bonchev–Trinajstić information content (AvgIpc) is 2.52. The largest absolute Gasteiger partial charge is 0.383 e. The third kappa shape index (κ3) is 4.54. The summed E-state index contributed by atoms with van der Waals surface area (Å²) in [6.45, 7) is 1.57. The van der Waals surface area contributed by atoms with Gasteiger partial charge in [-0.25, -0.2) is 0 Å². The predicted molar refractivity (Wildman–Crippen MR) is 79.4 cm³/mol. The zero-order chi connectivity index (χ0) is 14.2. The number of nitrogens with zero attached hydrogens (tertiary/aromatic N) is 2. The molecule has 1 aliphatic rings. The predicted octanol–water partition coefficient (Wildman–Crippen LogP) is 3.01. The molecule has 2 rings (SSSR count). The van der Waals surface area contributed by atoms with Gasteiger partial charge in [0.05, 0.1) is 12.7 Å². The monoisotopic (exact) mass is 278 g/mol. The quantitative estimate of drug-likeness (QED) is 0.718. The fourth-order valence-corrected chi connectivity index (χ4v) is 2.70. The number of pyridine rings is 1. The maximum Gasteiger partial charge on any atom is 0.137 e. The first-order valence-corrected chi connectivity index (χ1v) is 7.56. The van der Waals surface area contributed by atoms with Crippen LogP contribution in [-0.2, 0) is 9.47 Å². The van der Waals surface area contributed by atoms with Crippen molar-refractivity contribution in [2.24, 2.45) is 0 Å². The van der Waals surface area contributed by atoms with Crippen molar-refractivity contribution in [3.63, 3.8) is 0 Å². The number of aromatic nitrogens is 1. The highest BCUT2D eigenvalue weighted by atomic mass is 16.5. The van der Waals surface area contributed by atoms with Gasteiger partial charge < -0.3 is 9.47 Å². The molecule has 0 spiro atoms. The van der Waals surface area contributed by atoms with Crippen molar-refractivity contribution in [2.45, 2.75) is 44.4 Å². The molecule has 1 heterocycles. The maximum atomic E-state index is 6.38. The van der Waals surface area contributed by atoms with Crippen LogP contribution < -0.4 is 0 Å². The molecule has 0 radical (unpaired) electrons. The van der Waals surface area contributed by atoms with E-state index in [0.717, 1.165) is 6.54 Å². The number of rotatable bonds is 7. The van der Waals surface area contributed by atoms with Gasteiger partial charge in [-0.15, -0.1) is 0 Å². The average molecular weight is 278 g/mol. The second-order valence-corrected chi connectivity index (χ2v) is 5.50. The SMILES string of the molecule is COCCN(C)C(OC1CCCCC1)c1ccncc1. The molecule has 1 unspecified atom stereocenters. The molecule has 0 aliphatic heterocycles. The van der Waals surface area contributed by atoms with Crippen LogP contribution in [0.15, 0.2) is 24.5 Å². The summed E-state index contributed by atoms with van der Waals surface area (Å²) in [6, 6.07) is 4.08. The topological polar surface area (TPSA) is 34.6 Å². The van der Waals surface area contributed by atoms with Crippen molar-refractivity contribution in [3.05, 3.63) is 30.1 Å². The molecule has 0 amide bonds. The lowest BCUT2D eigenvalue weighted by molar-refractivity contribution is -0.108. The summed E-state index contributed by atoms with van der Waals surface area (Å²) in [5.41, 5.74) is 1.17. The van der Waals surface area contributed by atoms with Gasteiger partial charge in [-0.05, 0) is 37.6 Å². The van der Waals surface area contributed by atoms with E-state index in [9.17, 15) is 0 Å². The zero-order valence-corrected chi connectivity index (χ0v) is 12.6. The molecule has 4 nitrogen and oxygen atoms in total. The van der Waals surface area contributed by atoms with Crippen molar-refractivity contribution < 1.29 is 9.47 Å². The van der Waals surface area contributed by atoms with Gasteiger partial charge in [-0.2, -0.15) is 0 Å². The van der Waals surface area contributed by atoms with Crippen LogP contribution in [0.4, 0.5) is 0 Å². The van der Waals surface area contributed by atoms with Crippen LogP contribution in [0.5, 0.6) is 0 Å². The van der Waals surface area contributed by atoms with E-state index in [0.29, 0.717) is 12.7 Å². The van der Waals surface area contributed by atoms with Crippen molar-refractivity contribution >= 4 is 0 Å². The van der Waals surface area contributed by atoms with E-state index in [1.54, 1.807) is 7.11 Å². The van der Waals surface area contributed by atoms with E-state index in [2.05, 4.69) is 16.9 Å². The Bertz CT molecular complexity index is 366. The number of ether oxygens (including phenoxy) is 2. The van der Waals surface area contributed by atoms with E-state index in [4.69, 9.17) is 9.47 Å². The number of likely N-dealkylation sites (N-methyl/N-ethyl adjacent to an activating group) is 1. The zero-order valence-electron chi connectivity index (χ0n) is 12.6. The van der Waals surface area contributed by atoms with Gasteiger partial charge in [-0.3, -0.25) is 9.88 Å². The minimum atomic E-state index is -0.00347. The number of methoxy groups -OCH3 is 1. The van der Waals surface area contributed by atoms with Gasteiger partial charge in [0.15, 0.2) is 0 Å². The van der Waals surface area contributed by atoms with E-state index < -0.39 is 0 Å². The van der Waals surface area contributed by atoms with E-state index in [1.807, 2.05) is 24.5 Å². The Labute approximate surface area is 122 Å². The van der Waals surface area contributed by atoms with Crippen LogP contribution in [0, 0.1) is 0 Å². The maximum absolute atomic E-state index is 6.38. The number of hydrogen-bond acceptors (Lipinski definition) is 4. The van der Waals surface area contributed by atoms with E-state index in [-0.39, 0.29) is 6.23 Å². The minimum absolute atomic E-state index is 0.00347. The first kappa shape index (κ1) is 15.4. The third-order valence-corrected chi connectivity index (χ3v) is 3.91. The van der Waals surface area contributed by atoms with Crippen LogP contribution in [0.3, 0.4) is 0 Å². The first-order chi connectivity index (χ1) is 9.81. The number of hydrogen-bond donors (Lipinski definition) is 0. The van der Waals surface area contributed by atoms with Crippen LogP contribution in [0.25, 0.3) is 0 Å². The summed E-state index contributed by atoms with van der Waals surface area (Å²) in [6.07, 6.45) is 10.3. The summed E-state index contributed by atoms with van der Waals surface area (Å²) in [4.78, 5) is 6.31. The molecule has 1 aromatic heterocycles. The van der Waals surface area contributed by atoms with Gasteiger partial charge in [0.2, 0.25) is 0 Å². The lowest BCUT2D eigenvalue weighted by Crippen LogP contribution is -2.33. The van der Waals surface area contributed by atoms with E-state index in [1.165, 1.54) is 37.7 Å². The van der Waals surface area contributed by atoms with Gasteiger partial charge in [0.1, 0.15) is 6.23 Å². The lowest BCUT2D eigenvalue weighted by Gasteiger charge is -2.33. The molecule has 0 bridgehead atoms. The fraction of sp³-hybridized carbons (Fsp3) is 0.688. The third-order valence-electron chi connectivity index (χ3n) is 3.91. The Morgan fingerprint density at radius 3 is 2.60 bits per heavy atom. The molecule has 1 atom stereocenters. The molecule has 0 saturated heterocycles. The summed E-state index contributed by atoms with van der Waals surface area (Å²) < 4.78 is 11.6. The molecular weight excluding hydrogens is 252 g/mol. The highest BCUT2D eigenvalue weighted by Gasteiger charge is 2.23. The standard InChI is InChI=1S/C16H26N2O2/c1-18(12-13-19-2)16(14-8-10-17-11-9-14)20-15-6-4-3-5-7-15/h8-11,15-16H,3-7,12-13H2,1-2H3. The van der Waals surface area contributed by atoms with Crippen molar-refractivity contribution in [1.29, 1.82) is 0 Å². The van der Waals surface area contributed by atoms with E-state index >= 15 is 0 Å². The molecule has 1 aliphatic carbocycles. The Morgan fingerprint density at radius 2 is 1.95 bits per heavy atom. The molecule has 1 aromatic rings. The van der Waals surface area contributed by atoms with Crippen molar-refractivity contribution in [1.82, 2.24) is 9.88 Å². The van der Waals surface area contributed by atoms with Crippen molar-refractivity contribution in [2.75, 3.05) is 27.3 Å². The minimum Gasteiger partial charge on any atom is -0.383 e. The molecule has 0 aromatic carbocycles. The molecule has 1 saturated carbocycles. The van der Waals surface area contributed by atoms with Gasteiger partial charge >= 0.3 is 0 Å². The molecule has 20 heavy (non-hydrogen) atoms. The Hall–Kier alpha value is -0.970. The molecule has 4 heteroatoms. The summed E-state index contributed by atoms with van der Waals surface area (Å²) in [7, 11) is 3.82. The molecule has 1 fully saturated rings. The molecule has 0 N–H and O–H groups in total. The Balaban J connectivity index is 2.02. The first-order valence-electron chi connectivity index (χ1n) is 7.56. The van der Waals surface area contributed by atoms with Crippen molar-refractivity contribution in [3.8, 4) is 0 Å². The van der Waals surface area contributed by atoms with Gasteiger partial charge in [0.25, 0.3) is 0 Å². The normalized spacial score (nSPS) is 18.4. The second-order valence-electron chi connectivity index (χ2n) is 5.50. The van der Waals surface area contributed by atoms with Gasteiger partial charge in [0, 0.05) is 26.0 Å². The van der Waals surface area contributed by atoms with Crippen LogP contribution in [-0.4, -0.2) is 43.3 Å². The molecular formula is C16H26N2O2. The highest BCUT2D eigenvalue weighted by molar-refractivity contribution is 5.13. The lowest BCUT2D eigenvalue weighted by atomic mass is 9.97.